The molecule has 1 aliphatic rings. The van der Waals surface area contributed by atoms with E-state index in [1.165, 1.54) is 6.26 Å². The van der Waals surface area contributed by atoms with E-state index in [-0.39, 0.29) is 10.8 Å². The second-order valence-electron chi connectivity index (χ2n) is 5.09. The summed E-state index contributed by atoms with van der Waals surface area (Å²) in [5.74, 6) is 1.18. The average molecular weight is 307 g/mol. The molecule has 0 aromatic carbocycles. The summed E-state index contributed by atoms with van der Waals surface area (Å²) in [6.45, 7) is 1.30. The van der Waals surface area contributed by atoms with Gasteiger partial charge in [0.2, 0.25) is 0 Å². The fourth-order valence-electron chi connectivity index (χ4n) is 2.62. The molecule has 3 rings (SSSR count). The number of nitrogens with zero attached hydrogens (tertiary/aromatic N) is 3. The number of fused-ring (bicyclic) bond motifs is 1. The number of aromatic nitrogens is 3. The van der Waals surface area contributed by atoms with E-state index in [4.69, 9.17) is 0 Å². The predicted octanol–water partition coefficient (Wildman–Crippen LogP) is 0.933. The van der Waals surface area contributed by atoms with Crippen LogP contribution in [0.3, 0.4) is 0 Å². The van der Waals surface area contributed by atoms with Crippen LogP contribution < -0.4 is 10.6 Å². The topological polar surface area (TPSA) is 88.9 Å². The van der Waals surface area contributed by atoms with Gasteiger partial charge in [-0.1, -0.05) is 0 Å². The highest BCUT2D eigenvalue weighted by molar-refractivity contribution is 7.91. The van der Waals surface area contributed by atoms with E-state index in [0.717, 1.165) is 5.56 Å². The maximum atomic E-state index is 12.0. The average Bonchev–Trinajstić information content (AvgIpc) is 2.85. The molecule has 0 fully saturated rings. The molecule has 0 spiro atoms. The van der Waals surface area contributed by atoms with Crippen molar-refractivity contribution < 1.29 is 8.42 Å². The van der Waals surface area contributed by atoms with Crippen LogP contribution in [0, 0.1) is 0 Å². The molecule has 1 atom stereocenters. The van der Waals surface area contributed by atoms with Crippen molar-refractivity contribution >= 4 is 21.5 Å². The third-order valence-electron chi connectivity index (χ3n) is 3.60. The molecule has 7 nitrogen and oxygen atoms in total. The molecule has 0 radical (unpaired) electrons. The van der Waals surface area contributed by atoms with Crippen molar-refractivity contribution in [1.82, 2.24) is 14.8 Å². The van der Waals surface area contributed by atoms with Gasteiger partial charge in [0.05, 0.1) is 6.54 Å². The maximum Gasteiger partial charge on any atom is 0.182 e. The van der Waals surface area contributed by atoms with Crippen LogP contribution in [0.1, 0.15) is 11.5 Å². The Labute approximate surface area is 123 Å². The molecular weight excluding hydrogens is 290 g/mol. The Morgan fingerprint density at radius 1 is 1.38 bits per heavy atom. The van der Waals surface area contributed by atoms with E-state index in [1.54, 1.807) is 24.1 Å². The molecule has 0 aliphatic carbocycles. The van der Waals surface area contributed by atoms with Crippen molar-refractivity contribution in [1.29, 1.82) is 0 Å². The number of hydrogen-bond acceptors (Lipinski definition) is 6. The van der Waals surface area contributed by atoms with E-state index in [9.17, 15) is 8.42 Å². The van der Waals surface area contributed by atoms with Gasteiger partial charge in [-0.05, 0) is 17.7 Å². The first kappa shape index (κ1) is 13.9. The number of hydrogen-bond donors (Lipinski definition) is 2. The zero-order valence-electron chi connectivity index (χ0n) is 11.9. The van der Waals surface area contributed by atoms with Crippen LogP contribution in [0.25, 0.3) is 0 Å². The van der Waals surface area contributed by atoms with Gasteiger partial charge in [0.25, 0.3) is 0 Å². The van der Waals surface area contributed by atoms with Crippen molar-refractivity contribution in [2.24, 2.45) is 0 Å². The molecule has 0 saturated carbocycles. The molecular formula is C13H17N5O2S. The van der Waals surface area contributed by atoms with Gasteiger partial charge in [0.15, 0.2) is 20.6 Å². The maximum absolute atomic E-state index is 12.0. The number of pyridine rings is 1. The second-order valence-corrected chi connectivity index (χ2v) is 7.04. The highest BCUT2D eigenvalue weighted by Gasteiger charge is 2.30. The van der Waals surface area contributed by atoms with Crippen LogP contribution in [-0.2, 0) is 16.4 Å². The van der Waals surface area contributed by atoms with E-state index < -0.39 is 9.84 Å². The minimum absolute atomic E-state index is 0.234. The van der Waals surface area contributed by atoms with Gasteiger partial charge in [0.1, 0.15) is 5.82 Å². The quantitative estimate of drug-likeness (QED) is 0.877. The molecule has 8 heteroatoms. The zero-order valence-corrected chi connectivity index (χ0v) is 12.7. The summed E-state index contributed by atoms with van der Waals surface area (Å²) in [5.41, 5.74) is 1.16. The highest BCUT2D eigenvalue weighted by Crippen LogP contribution is 2.34. The van der Waals surface area contributed by atoms with Crippen LogP contribution in [0.5, 0.6) is 0 Å². The molecule has 112 valence electrons. The Hall–Kier alpha value is -2.09. The lowest BCUT2D eigenvalue weighted by atomic mass is 9.99. The minimum atomic E-state index is -3.34. The normalized spacial score (nSPS) is 17.9. The molecule has 2 aromatic rings. The van der Waals surface area contributed by atoms with Gasteiger partial charge in [0, 0.05) is 38.2 Å². The summed E-state index contributed by atoms with van der Waals surface area (Å²) in [7, 11) is -1.67. The standard InChI is InChI=1S/C13H17N5O2S/c1-14-12-11(21(2,19)20)13-16-7-10(8-18(13)17-12)9-3-5-15-6-4-9/h3-6,10,16H,7-8H2,1-2H3,(H,14,17). The number of sulfone groups is 1. The van der Waals surface area contributed by atoms with Gasteiger partial charge < -0.3 is 10.6 Å². The van der Waals surface area contributed by atoms with Crippen molar-refractivity contribution in [2.75, 3.05) is 30.5 Å². The third-order valence-corrected chi connectivity index (χ3v) is 4.73. The monoisotopic (exact) mass is 307 g/mol. The van der Waals surface area contributed by atoms with E-state index >= 15 is 0 Å². The lowest BCUT2D eigenvalue weighted by Gasteiger charge is -2.25. The van der Waals surface area contributed by atoms with Crippen LogP contribution in [0.15, 0.2) is 29.4 Å². The minimum Gasteiger partial charge on any atom is -0.371 e. The smallest absolute Gasteiger partial charge is 0.182 e. The molecule has 2 aromatic heterocycles. The number of nitrogens with one attached hydrogen (secondary N) is 2. The van der Waals surface area contributed by atoms with Gasteiger partial charge in [-0.15, -0.1) is 0 Å². The Bertz CT molecular complexity index is 754. The molecule has 1 unspecified atom stereocenters. The Balaban J connectivity index is 2.00. The summed E-state index contributed by atoms with van der Waals surface area (Å²) in [6.07, 6.45) is 4.71. The Morgan fingerprint density at radius 2 is 2.10 bits per heavy atom. The predicted molar refractivity (Wildman–Crippen MR) is 80.4 cm³/mol. The number of rotatable bonds is 3. The molecule has 0 amide bonds. The first-order valence-electron chi connectivity index (χ1n) is 6.63. The molecule has 0 bridgehead atoms. The van der Waals surface area contributed by atoms with Crippen molar-refractivity contribution in [3.8, 4) is 0 Å². The van der Waals surface area contributed by atoms with Gasteiger partial charge in [-0.25, -0.2) is 13.1 Å². The van der Waals surface area contributed by atoms with E-state index in [0.29, 0.717) is 24.7 Å². The van der Waals surface area contributed by atoms with Crippen LogP contribution in [-0.4, -0.2) is 43.0 Å². The zero-order chi connectivity index (χ0) is 15.0. The van der Waals surface area contributed by atoms with Gasteiger partial charge >= 0.3 is 0 Å². The molecule has 2 N–H and O–H groups in total. The summed E-state index contributed by atoms with van der Waals surface area (Å²) >= 11 is 0. The fraction of sp³-hybridized carbons (Fsp3) is 0.385. The van der Waals surface area contributed by atoms with Crippen molar-refractivity contribution in [3.63, 3.8) is 0 Å². The second kappa shape index (κ2) is 5.03. The molecule has 21 heavy (non-hydrogen) atoms. The van der Waals surface area contributed by atoms with Crippen molar-refractivity contribution in [3.05, 3.63) is 30.1 Å². The lowest BCUT2D eigenvalue weighted by molar-refractivity contribution is 0.504. The largest absolute Gasteiger partial charge is 0.371 e. The van der Waals surface area contributed by atoms with E-state index in [1.807, 2.05) is 12.1 Å². The molecule has 0 saturated heterocycles. The summed E-state index contributed by atoms with van der Waals surface area (Å²) in [4.78, 5) is 4.25. The first-order chi connectivity index (χ1) is 10.0. The van der Waals surface area contributed by atoms with Crippen LogP contribution in [0.4, 0.5) is 11.6 Å². The van der Waals surface area contributed by atoms with Crippen molar-refractivity contribution in [2.45, 2.75) is 17.4 Å². The molecule has 1 aliphatic heterocycles. The molecule has 3 heterocycles. The lowest BCUT2D eigenvalue weighted by Crippen LogP contribution is -2.27. The SMILES string of the molecule is CNc1nn2c(c1S(C)(=O)=O)NCC(c1ccncc1)C2. The van der Waals surface area contributed by atoms with Gasteiger partial charge in [-0.3, -0.25) is 4.98 Å². The van der Waals surface area contributed by atoms with Crippen LogP contribution >= 0.6 is 0 Å². The summed E-state index contributed by atoms with van der Waals surface area (Å²) in [5, 5.41) is 10.4. The Morgan fingerprint density at radius 3 is 2.71 bits per heavy atom. The van der Waals surface area contributed by atoms with E-state index in [2.05, 4.69) is 20.7 Å². The summed E-state index contributed by atoms with van der Waals surface area (Å²) in [6, 6.07) is 3.94. The van der Waals surface area contributed by atoms with Crippen LogP contribution in [0.2, 0.25) is 0 Å². The Kier molecular flexibility index (Phi) is 3.32. The first-order valence-corrected chi connectivity index (χ1v) is 8.52. The highest BCUT2D eigenvalue weighted by atomic mass is 32.2. The summed E-state index contributed by atoms with van der Waals surface area (Å²) < 4.78 is 25.6. The van der Waals surface area contributed by atoms with Gasteiger partial charge in [-0.2, -0.15) is 5.10 Å². The third kappa shape index (κ3) is 2.46. The fourth-order valence-corrected chi connectivity index (χ4v) is 3.64. The number of anilines is 2.